The van der Waals surface area contributed by atoms with Crippen LogP contribution in [0.1, 0.15) is 106 Å². The van der Waals surface area contributed by atoms with Crippen molar-refractivity contribution in [1.29, 1.82) is 10.5 Å². The van der Waals surface area contributed by atoms with Crippen molar-refractivity contribution in [3.8, 4) is 12.1 Å². The van der Waals surface area contributed by atoms with E-state index in [0.29, 0.717) is 57.6 Å². The van der Waals surface area contributed by atoms with Crippen molar-refractivity contribution in [3.63, 3.8) is 0 Å². The first-order valence-corrected chi connectivity index (χ1v) is 33.1. The van der Waals surface area contributed by atoms with Gasteiger partial charge in [0.25, 0.3) is 0 Å². The van der Waals surface area contributed by atoms with Crippen molar-refractivity contribution in [2.45, 2.75) is 98.6 Å². The molecule has 23 heteroatoms. The Morgan fingerprint density at radius 3 is 1.34 bits per heavy atom. The van der Waals surface area contributed by atoms with E-state index in [1.54, 1.807) is 86.6 Å². The summed E-state index contributed by atoms with van der Waals surface area (Å²) in [4.78, 5) is 89.9. The van der Waals surface area contributed by atoms with Gasteiger partial charge in [-0.1, -0.05) is 104 Å². The largest absolute Gasteiger partial charge is 0.481 e. The van der Waals surface area contributed by atoms with Crippen molar-refractivity contribution in [2.75, 3.05) is 0 Å². The van der Waals surface area contributed by atoms with Crippen molar-refractivity contribution >= 4 is 84.1 Å². The zero-order chi connectivity index (χ0) is 71.7. The molecule has 101 heavy (non-hydrogen) atoms. The molecule has 0 saturated heterocycles. The summed E-state index contributed by atoms with van der Waals surface area (Å²) >= 11 is 0. The van der Waals surface area contributed by atoms with E-state index < -0.39 is 35.9 Å². The standard InChI is InChI=1S/C28H25N5O3.C27H23N5O3.C23H26N4O3/c1-17-11-18(2)26-20(15-31(3)24(26)12-17)16-32-22-10-9-21(14-29)30-27(22)33(28(32)36)23(13-25(34)35)19-7-5-4-6-8-19;1-17-7-6-10-21-25(17)19(15-30(21)2)16-31-22-12-11-20(14-28)29-26(22)32(27(31)35)23(13-24(33)34)18-8-4-3-5-9-18;1-4-7-16(22(28)29)13-27-21-19(10-6-11-24-21)26(23(27)30)14-17-12-25(3)18-9-5-8-15(2)20(17)18/h4-12,15,23H,13,16H2,1-3H3,(H,34,35);3-12,15,23H,13,16H2,1-2H3,(H,33,34);5-6,8-12,16H,4,7,13-14H2,1-3H3,(H,28,29)/t2*23-;/m11./s1. The summed E-state index contributed by atoms with van der Waals surface area (Å²) in [6, 6.07) is 47.3. The van der Waals surface area contributed by atoms with Gasteiger partial charge in [-0.15, -0.1) is 0 Å². The highest BCUT2D eigenvalue weighted by Gasteiger charge is 2.30. The predicted molar refractivity (Wildman–Crippen MR) is 386 cm³/mol. The van der Waals surface area contributed by atoms with Gasteiger partial charge in [0.15, 0.2) is 16.9 Å². The molecule has 0 aliphatic rings. The molecule has 14 rings (SSSR count). The number of nitrogens with zero attached hydrogens (tertiary/aromatic N) is 14. The Morgan fingerprint density at radius 2 is 0.901 bits per heavy atom. The van der Waals surface area contributed by atoms with E-state index in [-0.39, 0.29) is 60.9 Å². The van der Waals surface area contributed by atoms with Gasteiger partial charge >= 0.3 is 35.0 Å². The molecule has 14 aromatic rings. The molecule has 0 amide bonds. The summed E-state index contributed by atoms with van der Waals surface area (Å²) in [6.45, 7) is 11.3. The Morgan fingerprint density at radius 1 is 0.475 bits per heavy atom. The number of nitriles is 2. The number of carboxylic acid groups (broad SMARTS) is 3. The van der Waals surface area contributed by atoms with Gasteiger partial charge in [-0.25, -0.2) is 29.3 Å². The van der Waals surface area contributed by atoms with Crippen LogP contribution in [0.4, 0.5) is 0 Å². The molecule has 23 nitrogen and oxygen atoms in total. The first kappa shape index (κ1) is 68.3. The molecule has 0 bridgehead atoms. The van der Waals surface area contributed by atoms with E-state index in [4.69, 9.17) is 0 Å². The second kappa shape index (κ2) is 28.4. The van der Waals surface area contributed by atoms with Crippen molar-refractivity contribution in [1.82, 2.24) is 56.1 Å². The van der Waals surface area contributed by atoms with Crippen molar-refractivity contribution in [2.24, 2.45) is 27.1 Å². The van der Waals surface area contributed by atoms with Crippen LogP contribution in [0, 0.1) is 56.3 Å². The predicted octanol–water partition coefficient (Wildman–Crippen LogP) is 11.8. The lowest BCUT2D eigenvalue weighted by molar-refractivity contribution is -0.142. The molecular weight excluding hydrogens is 1280 g/mol. The maximum Gasteiger partial charge on any atom is 0.331 e. The first-order chi connectivity index (χ1) is 48.6. The Labute approximate surface area is 578 Å². The highest BCUT2D eigenvalue weighted by molar-refractivity contribution is 5.90. The third kappa shape index (κ3) is 13.2. The molecule has 510 valence electrons. The fraction of sp³-hybridized carbons (Fsp3) is 0.244. The zero-order valence-corrected chi connectivity index (χ0v) is 57.1. The number of aryl methyl sites for hydroxylation is 7. The quantitative estimate of drug-likeness (QED) is 0.0678. The van der Waals surface area contributed by atoms with Gasteiger partial charge in [0, 0.05) is 85.2 Å². The Hall–Kier alpha value is -12.6. The number of benzene rings is 5. The monoisotopic (exact) mass is 1350 g/mol. The average molecular weight is 1350 g/mol. The number of aromatic nitrogens is 12. The zero-order valence-electron chi connectivity index (χ0n) is 57.1. The maximum absolute atomic E-state index is 14.0. The summed E-state index contributed by atoms with van der Waals surface area (Å²) in [5.74, 6) is -3.57. The smallest absolute Gasteiger partial charge is 0.331 e. The number of imidazole rings is 3. The first-order valence-electron chi connectivity index (χ1n) is 33.1. The molecule has 0 aliphatic carbocycles. The second-order valence-electron chi connectivity index (χ2n) is 25.7. The van der Waals surface area contributed by atoms with Gasteiger partial charge in [-0.2, -0.15) is 10.5 Å². The fourth-order valence-corrected chi connectivity index (χ4v) is 14.4. The summed E-state index contributed by atoms with van der Waals surface area (Å²) in [5.41, 5.74) is 14.5. The van der Waals surface area contributed by atoms with Crippen LogP contribution < -0.4 is 17.1 Å². The summed E-state index contributed by atoms with van der Waals surface area (Å²) in [6.07, 6.45) is 8.40. The molecule has 0 spiro atoms. The van der Waals surface area contributed by atoms with E-state index in [1.807, 2.05) is 119 Å². The van der Waals surface area contributed by atoms with Crippen molar-refractivity contribution < 1.29 is 29.7 Å². The van der Waals surface area contributed by atoms with Crippen LogP contribution >= 0.6 is 0 Å². The number of aliphatic carboxylic acids is 3. The van der Waals surface area contributed by atoms with E-state index in [2.05, 4.69) is 75.3 Å². The van der Waals surface area contributed by atoms with Crippen molar-refractivity contribution in [3.05, 3.63) is 263 Å². The molecular formula is C78H74N14O9. The Balaban J connectivity index is 0.000000144. The van der Waals surface area contributed by atoms with E-state index in [9.17, 15) is 54.6 Å². The number of hydrogen-bond acceptors (Lipinski definition) is 11. The van der Waals surface area contributed by atoms with Crippen LogP contribution in [-0.4, -0.2) is 89.3 Å². The summed E-state index contributed by atoms with van der Waals surface area (Å²) in [5, 5.41) is 51.2. The van der Waals surface area contributed by atoms with E-state index in [1.165, 1.54) is 13.7 Å². The third-order valence-electron chi connectivity index (χ3n) is 18.8. The minimum Gasteiger partial charge on any atom is -0.481 e. The van der Waals surface area contributed by atoms with E-state index in [0.717, 1.165) is 78.1 Å². The lowest BCUT2D eigenvalue weighted by Crippen LogP contribution is -2.30. The molecule has 0 saturated carbocycles. The minimum absolute atomic E-state index is 0.122. The number of carbonyl (C=O) groups is 3. The number of carboxylic acids is 3. The topological polar surface area (TPSA) is 294 Å². The van der Waals surface area contributed by atoms with Crippen LogP contribution in [0.3, 0.4) is 0 Å². The molecule has 0 radical (unpaired) electrons. The summed E-state index contributed by atoms with van der Waals surface area (Å²) in [7, 11) is 5.95. The maximum atomic E-state index is 14.0. The van der Waals surface area contributed by atoms with Gasteiger partial charge in [-0.05, 0) is 139 Å². The van der Waals surface area contributed by atoms with Gasteiger partial charge < -0.3 is 29.0 Å². The number of fused-ring (bicyclic) bond motifs is 6. The Bertz CT molecular complexity index is 5840. The molecule has 9 heterocycles. The van der Waals surface area contributed by atoms with Crippen LogP contribution in [0.5, 0.6) is 0 Å². The van der Waals surface area contributed by atoms with Gasteiger partial charge in [0.1, 0.15) is 23.5 Å². The van der Waals surface area contributed by atoms with Crippen LogP contribution in [-0.2, 0) is 61.7 Å². The molecule has 1 unspecified atom stereocenters. The average Bonchev–Trinajstić information content (AvgIpc) is 1.60. The number of pyridine rings is 3. The number of rotatable bonds is 19. The highest BCUT2D eigenvalue weighted by Crippen LogP contribution is 2.33. The molecule has 0 aliphatic heterocycles. The Kier molecular flexibility index (Phi) is 19.2. The van der Waals surface area contributed by atoms with Crippen LogP contribution in [0.2, 0.25) is 0 Å². The second-order valence-corrected chi connectivity index (χ2v) is 25.7. The normalized spacial score (nSPS) is 12.3. The van der Waals surface area contributed by atoms with E-state index >= 15 is 0 Å². The lowest BCUT2D eigenvalue weighted by Gasteiger charge is -2.17. The molecule has 0 fully saturated rings. The van der Waals surface area contributed by atoms with Gasteiger partial charge in [-0.3, -0.25) is 41.8 Å². The molecule has 5 aromatic carbocycles. The molecule has 3 N–H and O–H groups in total. The van der Waals surface area contributed by atoms with Crippen LogP contribution in [0.15, 0.2) is 185 Å². The molecule has 9 aromatic heterocycles. The minimum atomic E-state index is -1.03. The van der Waals surface area contributed by atoms with Gasteiger partial charge in [0.05, 0.1) is 67.0 Å². The summed E-state index contributed by atoms with van der Waals surface area (Å²) < 4.78 is 15.4. The SMILES string of the molecule is CCCC(Cn1c(=O)n(Cc2cn(C)c3cccc(C)c23)c2cccnc21)C(=O)O.Cc1cc(C)c2c(Cn3c(=O)n([C@H](CC(=O)O)c4ccccc4)c4nc(C#N)ccc43)cn(C)c2c1.Cc1cccc2c1c(Cn1c(=O)n([C@H](CC(=O)O)c3ccccc3)c3nc(C#N)ccc31)cn2C. The lowest BCUT2D eigenvalue weighted by atomic mass is 10.0. The third-order valence-corrected chi connectivity index (χ3v) is 18.8. The molecule has 3 atom stereocenters. The van der Waals surface area contributed by atoms with Gasteiger partial charge in [0.2, 0.25) is 0 Å². The highest BCUT2D eigenvalue weighted by atomic mass is 16.4. The number of hydrogen-bond donors (Lipinski definition) is 3. The fourth-order valence-electron chi connectivity index (χ4n) is 14.4. The van der Waals surface area contributed by atoms with Crippen LogP contribution in [0.25, 0.3) is 66.2 Å².